The molecule has 0 aromatic rings. The molecule has 1 rings (SSSR count). The fraction of sp³-hybridized carbons (Fsp3) is 0.462. The maximum absolute atomic E-state index is 11.4. The molecular weight excluding hydrogens is 204 g/mol. The Morgan fingerprint density at radius 2 is 2.25 bits per heavy atom. The van der Waals surface area contributed by atoms with Gasteiger partial charge >= 0.3 is 0 Å². The highest BCUT2D eigenvalue weighted by atomic mass is 16.5. The van der Waals surface area contributed by atoms with E-state index >= 15 is 0 Å². The van der Waals surface area contributed by atoms with E-state index in [9.17, 15) is 4.79 Å². The molecule has 0 bridgehead atoms. The van der Waals surface area contributed by atoms with Crippen LogP contribution < -0.4 is 0 Å². The van der Waals surface area contributed by atoms with Gasteiger partial charge in [0.1, 0.15) is 11.4 Å². The van der Waals surface area contributed by atoms with Gasteiger partial charge in [-0.3, -0.25) is 4.79 Å². The topological polar surface area (TPSA) is 35.5 Å². The van der Waals surface area contributed by atoms with Gasteiger partial charge in [-0.1, -0.05) is 12.2 Å². The molecule has 0 spiro atoms. The molecule has 0 N–H and O–H groups in total. The number of Topliss-reactive ketones (excluding diaryl/α,β-unsaturated/α-hetero) is 1. The molecule has 0 radical (unpaired) electrons. The third-order valence-electron chi connectivity index (χ3n) is 2.90. The molecule has 0 aliphatic heterocycles. The highest BCUT2D eigenvalue weighted by Crippen LogP contribution is 2.36. The molecule has 3 heteroatoms. The maximum Gasteiger partial charge on any atom is 0.155 e. The number of methoxy groups -OCH3 is 2. The van der Waals surface area contributed by atoms with Crippen LogP contribution in [0.4, 0.5) is 0 Å². The Kier molecular flexibility index (Phi) is 4.07. The fourth-order valence-electron chi connectivity index (χ4n) is 1.94. The van der Waals surface area contributed by atoms with E-state index in [-0.39, 0.29) is 5.78 Å². The molecule has 0 amide bonds. The minimum absolute atomic E-state index is 0.0666. The van der Waals surface area contributed by atoms with Crippen molar-refractivity contribution in [2.75, 3.05) is 14.2 Å². The molecule has 1 unspecified atom stereocenters. The average Bonchev–Trinajstić information content (AvgIpc) is 2.29. The monoisotopic (exact) mass is 222 g/mol. The molecule has 0 saturated carbocycles. The Hall–Kier alpha value is -1.35. The van der Waals surface area contributed by atoms with Gasteiger partial charge < -0.3 is 9.47 Å². The lowest BCUT2D eigenvalue weighted by Gasteiger charge is -2.35. The van der Waals surface area contributed by atoms with Gasteiger partial charge in [0.15, 0.2) is 5.78 Å². The molecule has 0 aromatic heterocycles. The zero-order valence-corrected chi connectivity index (χ0v) is 10.1. The Bertz CT molecular complexity index is 352. The molecule has 1 atom stereocenters. The smallest absolute Gasteiger partial charge is 0.155 e. The van der Waals surface area contributed by atoms with E-state index in [0.29, 0.717) is 12.8 Å². The van der Waals surface area contributed by atoms with Crippen LogP contribution in [0.5, 0.6) is 0 Å². The van der Waals surface area contributed by atoms with Crippen molar-refractivity contribution in [3.8, 4) is 0 Å². The van der Waals surface area contributed by atoms with Crippen LogP contribution >= 0.6 is 0 Å². The number of rotatable bonds is 5. The van der Waals surface area contributed by atoms with Crippen molar-refractivity contribution < 1.29 is 14.3 Å². The first kappa shape index (κ1) is 12.7. The van der Waals surface area contributed by atoms with Gasteiger partial charge in [0.25, 0.3) is 0 Å². The van der Waals surface area contributed by atoms with Gasteiger partial charge in [0.2, 0.25) is 0 Å². The number of hydrogen-bond acceptors (Lipinski definition) is 3. The van der Waals surface area contributed by atoms with Crippen LogP contribution in [0.3, 0.4) is 0 Å². The minimum atomic E-state index is -0.577. The van der Waals surface area contributed by atoms with E-state index < -0.39 is 5.60 Å². The van der Waals surface area contributed by atoms with Crippen molar-refractivity contribution in [3.05, 3.63) is 36.1 Å². The molecule has 0 aromatic carbocycles. The number of carbonyl (C=O) groups excluding carboxylic acids is 1. The molecule has 0 saturated heterocycles. The van der Waals surface area contributed by atoms with Gasteiger partial charge in [-0.05, 0) is 18.6 Å². The summed E-state index contributed by atoms with van der Waals surface area (Å²) in [6.07, 6.45) is 6.52. The quantitative estimate of drug-likeness (QED) is 0.670. The molecule has 1 aliphatic rings. The number of ether oxygens (including phenoxy) is 2. The Morgan fingerprint density at radius 3 is 2.69 bits per heavy atom. The summed E-state index contributed by atoms with van der Waals surface area (Å²) in [5.41, 5.74) is 0.177. The van der Waals surface area contributed by atoms with E-state index in [1.54, 1.807) is 39.4 Å². The van der Waals surface area contributed by atoms with Crippen LogP contribution in [0.2, 0.25) is 0 Å². The van der Waals surface area contributed by atoms with Crippen molar-refractivity contribution in [1.29, 1.82) is 0 Å². The molecule has 1 aliphatic carbocycles. The van der Waals surface area contributed by atoms with Crippen LogP contribution in [-0.2, 0) is 14.3 Å². The Balaban J connectivity index is 3.10. The van der Waals surface area contributed by atoms with Crippen molar-refractivity contribution in [2.45, 2.75) is 25.4 Å². The molecule has 88 valence electrons. The number of carbonyl (C=O) groups is 1. The first-order chi connectivity index (χ1) is 7.59. The second kappa shape index (κ2) is 5.12. The number of ketones is 1. The first-order valence-electron chi connectivity index (χ1n) is 5.22. The van der Waals surface area contributed by atoms with Gasteiger partial charge in [-0.25, -0.2) is 0 Å². The third-order valence-corrected chi connectivity index (χ3v) is 2.90. The number of allylic oxidation sites excluding steroid dienone is 2. The van der Waals surface area contributed by atoms with E-state index in [1.807, 2.05) is 0 Å². The summed E-state index contributed by atoms with van der Waals surface area (Å²) in [5.74, 6) is 0.803. The van der Waals surface area contributed by atoms with Gasteiger partial charge in [-0.2, -0.15) is 0 Å². The van der Waals surface area contributed by atoms with Crippen molar-refractivity contribution in [2.24, 2.45) is 0 Å². The average molecular weight is 222 g/mol. The molecule has 16 heavy (non-hydrogen) atoms. The van der Waals surface area contributed by atoms with E-state index in [0.717, 1.165) is 11.3 Å². The molecular formula is C13H18O3. The normalized spacial score (nSPS) is 24.4. The Morgan fingerprint density at radius 1 is 1.56 bits per heavy atom. The standard InChI is InChI=1S/C13H18O3/c1-5-8-13(16-4)9-11(10(2)14)6-7-12(13)15-3/h5-7H,1,8-9H2,2-4H3. The maximum atomic E-state index is 11.4. The third kappa shape index (κ3) is 2.25. The summed E-state index contributed by atoms with van der Waals surface area (Å²) in [6, 6.07) is 0. The lowest BCUT2D eigenvalue weighted by atomic mass is 9.83. The second-order valence-electron chi connectivity index (χ2n) is 3.85. The van der Waals surface area contributed by atoms with E-state index in [4.69, 9.17) is 9.47 Å². The van der Waals surface area contributed by atoms with Gasteiger partial charge in [0, 0.05) is 20.0 Å². The summed E-state index contributed by atoms with van der Waals surface area (Å²) in [6.45, 7) is 5.28. The highest BCUT2D eigenvalue weighted by Gasteiger charge is 2.38. The second-order valence-corrected chi connectivity index (χ2v) is 3.85. The zero-order chi connectivity index (χ0) is 12.2. The highest BCUT2D eigenvalue weighted by molar-refractivity contribution is 5.94. The van der Waals surface area contributed by atoms with Crippen molar-refractivity contribution in [1.82, 2.24) is 0 Å². The predicted molar refractivity (Wildman–Crippen MR) is 63.0 cm³/mol. The van der Waals surface area contributed by atoms with Crippen LogP contribution in [-0.4, -0.2) is 25.6 Å². The molecule has 0 heterocycles. The molecule has 0 fully saturated rings. The summed E-state index contributed by atoms with van der Waals surface area (Å²) in [7, 11) is 3.23. The number of hydrogen-bond donors (Lipinski definition) is 0. The van der Waals surface area contributed by atoms with Gasteiger partial charge in [0.05, 0.1) is 7.11 Å². The first-order valence-corrected chi connectivity index (χ1v) is 5.22. The summed E-state index contributed by atoms with van der Waals surface area (Å²) in [4.78, 5) is 11.4. The van der Waals surface area contributed by atoms with Crippen molar-refractivity contribution >= 4 is 5.78 Å². The predicted octanol–water partition coefficient (Wildman–Crippen LogP) is 2.40. The largest absolute Gasteiger partial charge is 0.498 e. The van der Waals surface area contributed by atoms with E-state index in [2.05, 4.69) is 6.58 Å². The fourth-order valence-corrected chi connectivity index (χ4v) is 1.94. The van der Waals surface area contributed by atoms with Crippen LogP contribution in [0.25, 0.3) is 0 Å². The lowest BCUT2D eigenvalue weighted by Crippen LogP contribution is -2.37. The van der Waals surface area contributed by atoms with Gasteiger partial charge in [-0.15, -0.1) is 6.58 Å². The molecule has 3 nitrogen and oxygen atoms in total. The SMILES string of the molecule is C=CCC1(OC)CC(C(C)=O)=CC=C1OC. The Labute approximate surface area is 96.4 Å². The summed E-state index contributed by atoms with van der Waals surface area (Å²) < 4.78 is 10.9. The summed E-state index contributed by atoms with van der Waals surface area (Å²) in [5, 5.41) is 0. The lowest BCUT2D eigenvalue weighted by molar-refractivity contribution is -0.114. The van der Waals surface area contributed by atoms with E-state index in [1.165, 1.54) is 0 Å². The zero-order valence-electron chi connectivity index (χ0n) is 10.1. The van der Waals surface area contributed by atoms with Crippen LogP contribution in [0.1, 0.15) is 19.8 Å². The van der Waals surface area contributed by atoms with Crippen molar-refractivity contribution in [3.63, 3.8) is 0 Å². The summed E-state index contributed by atoms with van der Waals surface area (Å²) >= 11 is 0. The minimum Gasteiger partial charge on any atom is -0.498 e. The van der Waals surface area contributed by atoms with Crippen LogP contribution in [0, 0.1) is 0 Å². The van der Waals surface area contributed by atoms with Crippen LogP contribution in [0.15, 0.2) is 36.1 Å².